The summed E-state index contributed by atoms with van der Waals surface area (Å²) < 4.78 is 10.5. The molecule has 6 nitrogen and oxygen atoms in total. The van der Waals surface area contributed by atoms with Crippen LogP contribution in [-0.4, -0.2) is 40.6 Å². The van der Waals surface area contributed by atoms with Crippen LogP contribution in [0.25, 0.3) is 17.0 Å². The highest BCUT2D eigenvalue weighted by atomic mass is 16.5. The van der Waals surface area contributed by atoms with Gasteiger partial charge in [-0.25, -0.2) is 0 Å². The lowest BCUT2D eigenvalue weighted by Gasteiger charge is -2.14. The maximum atomic E-state index is 11.1. The molecule has 0 spiro atoms. The number of furan rings is 1. The normalized spacial score (nSPS) is 14.9. The van der Waals surface area contributed by atoms with Gasteiger partial charge in [-0.3, -0.25) is 4.79 Å². The largest absolute Gasteiger partial charge is 0.469 e. The Hall–Kier alpha value is -2.15. The molecule has 0 saturated carbocycles. The van der Waals surface area contributed by atoms with E-state index in [9.17, 15) is 20.1 Å². The summed E-state index contributed by atoms with van der Waals surface area (Å²) in [7, 11) is 1.32. The Morgan fingerprint density at radius 3 is 2.62 bits per heavy atom. The standard InChI is InChI=1S/C23H32O6/c1-3-4-5-10-20(26)23-17(16-9-6-7-12-21(16)29-23)14-15-19(25)18(24)11-8-13-22(27)28-2/h6-7,9,12,14-15,18-20,24-26H,3-5,8,10-11,13H2,1-2H3/b15-14+/t18-,19+,20-/m0/s1. The molecule has 29 heavy (non-hydrogen) atoms. The van der Waals surface area contributed by atoms with E-state index < -0.39 is 18.3 Å². The smallest absolute Gasteiger partial charge is 0.305 e. The van der Waals surface area contributed by atoms with Crippen molar-refractivity contribution in [3.8, 4) is 0 Å². The first-order valence-electron chi connectivity index (χ1n) is 10.3. The second-order valence-electron chi connectivity index (χ2n) is 7.27. The fourth-order valence-electron chi connectivity index (χ4n) is 3.27. The van der Waals surface area contributed by atoms with Crippen molar-refractivity contribution in [2.24, 2.45) is 0 Å². The van der Waals surface area contributed by atoms with Crippen molar-refractivity contribution < 1.29 is 29.3 Å². The zero-order valence-electron chi connectivity index (χ0n) is 17.2. The molecule has 1 heterocycles. The van der Waals surface area contributed by atoms with Crippen molar-refractivity contribution in [1.82, 2.24) is 0 Å². The number of para-hydroxylation sites is 1. The number of unbranched alkanes of at least 4 members (excludes halogenated alkanes) is 2. The number of hydrogen-bond donors (Lipinski definition) is 3. The second kappa shape index (κ2) is 11.8. The first kappa shape index (κ1) is 23.1. The Labute approximate surface area is 171 Å². The molecule has 3 N–H and O–H groups in total. The number of aliphatic hydroxyl groups excluding tert-OH is 3. The number of esters is 1. The van der Waals surface area contributed by atoms with Crippen LogP contribution in [0.3, 0.4) is 0 Å². The first-order chi connectivity index (χ1) is 14.0. The van der Waals surface area contributed by atoms with Crippen LogP contribution in [0.5, 0.6) is 0 Å². The van der Waals surface area contributed by atoms with Gasteiger partial charge in [0.1, 0.15) is 17.4 Å². The van der Waals surface area contributed by atoms with Crippen LogP contribution >= 0.6 is 0 Å². The predicted molar refractivity (Wildman–Crippen MR) is 112 cm³/mol. The summed E-state index contributed by atoms with van der Waals surface area (Å²) in [6.45, 7) is 2.11. The molecule has 0 saturated heterocycles. The summed E-state index contributed by atoms with van der Waals surface area (Å²) in [4.78, 5) is 11.1. The van der Waals surface area contributed by atoms with Gasteiger partial charge < -0.3 is 24.5 Å². The number of rotatable bonds is 12. The quantitative estimate of drug-likeness (QED) is 0.363. The van der Waals surface area contributed by atoms with E-state index in [4.69, 9.17) is 4.42 Å². The van der Waals surface area contributed by atoms with Crippen molar-refractivity contribution in [2.45, 2.75) is 70.2 Å². The van der Waals surface area contributed by atoms with Gasteiger partial charge in [0.25, 0.3) is 0 Å². The number of hydrogen-bond acceptors (Lipinski definition) is 6. The van der Waals surface area contributed by atoms with Crippen molar-refractivity contribution >= 4 is 23.0 Å². The predicted octanol–water partition coefficient (Wildman–Crippen LogP) is 4.12. The highest BCUT2D eigenvalue weighted by Gasteiger charge is 2.20. The molecule has 2 aromatic rings. The monoisotopic (exact) mass is 404 g/mol. The highest BCUT2D eigenvalue weighted by Crippen LogP contribution is 2.33. The molecule has 6 heteroatoms. The average molecular weight is 405 g/mol. The summed E-state index contributed by atoms with van der Waals surface area (Å²) in [6.07, 6.45) is 4.90. The number of benzene rings is 1. The van der Waals surface area contributed by atoms with E-state index in [1.165, 1.54) is 13.2 Å². The van der Waals surface area contributed by atoms with Crippen LogP contribution in [0.15, 0.2) is 34.8 Å². The zero-order chi connectivity index (χ0) is 21.2. The molecule has 0 unspecified atom stereocenters. The number of methoxy groups -OCH3 is 1. The van der Waals surface area contributed by atoms with Crippen LogP contribution in [0.1, 0.15) is 69.3 Å². The van der Waals surface area contributed by atoms with Gasteiger partial charge in [-0.1, -0.05) is 56.5 Å². The Morgan fingerprint density at radius 1 is 1.14 bits per heavy atom. The number of fused-ring (bicyclic) bond motifs is 1. The molecule has 160 valence electrons. The van der Waals surface area contributed by atoms with Gasteiger partial charge >= 0.3 is 5.97 Å². The van der Waals surface area contributed by atoms with Crippen LogP contribution in [0.2, 0.25) is 0 Å². The van der Waals surface area contributed by atoms with E-state index in [1.54, 1.807) is 6.08 Å². The van der Waals surface area contributed by atoms with Crippen molar-refractivity contribution in [2.75, 3.05) is 7.11 Å². The van der Waals surface area contributed by atoms with E-state index in [0.29, 0.717) is 29.7 Å². The van der Waals surface area contributed by atoms with E-state index in [0.717, 1.165) is 24.6 Å². The topological polar surface area (TPSA) is 100 Å². The van der Waals surface area contributed by atoms with Gasteiger partial charge in [0, 0.05) is 17.4 Å². The minimum Gasteiger partial charge on any atom is -0.469 e. The molecule has 0 aliphatic carbocycles. The third-order valence-electron chi connectivity index (χ3n) is 5.01. The average Bonchev–Trinajstić information content (AvgIpc) is 3.10. The van der Waals surface area contributed by atoms with Crippen LogP contribution in [-0.2, 0) is 9.53 Å². The fraction of sp³-hybridized carbons (Fsp3) is 0.522. The summed E-state index contributed by atoms with van der Waals surface area (Å²) in [5, 5.41) is 31.9. The summed E-state index contributed by atoms with van der Waals surface area (Å²) in [6, 6.07) is 7.50. The van der Waals surface area contributed by atoms with Gasteiger partial charge in [-0.2, -0.15) is 0 Å². The van der Waals surface area contributed by atoms with Gasteiger partial charge in [-0.15, -0.1) is 0 Å². The van der Waals surface area contributed by atoms with Crippen molar-refractivity contribution in [3.05, 3.63) is 41.7 Å². The number of carbonyl (C=O) groups is 1. The minimum absolute atomic E-state index is 0.199. The van der Waals surface area contributed by atoms with Crippen LogP contribution in [0.4, 0.5) is 0 Å². The summed E-state index contributed by atoms with van der Waals surface area (Å²) in [5.74, 6) is 0.139. The molecule has 3 atom stereocenters. The SMILES string of the molecule is CCCCC[C@H](O)c1oc2ccccc2c1/C=C/[C@@H](O)[C@@H](O)CCCC(=O)OC. The van der Waals surface area contributed by atoms with Crippen LogP contribution in [0, 0.1) is 0 Å². The molecule has 0 aliphatic heterocycles. The molecule has 2 rings (SSSR count). The molecule has 1 aromatic heterocycles. The van der Waals surface area contributed by atoms with Gasteiger partial charge in [-0.05, 0) is 25.3 Å². The molecule has 0 bridgehead atoms. The summed E-state index contributed by atoms with van der Waals surface area (Å²) in [5.41, 5.74) is 1.38. The lowest BCUT2D eigenvalue weighted by molar-refractivity contribution is -0.140. The van der Waals surface area contributed by atoms with E-state index >= 15 is 0 Å². The number of carbonyl (C=O) groups excluding carboxylic acids is 1. The van der Waals surface area contributed by atoms with Gasteiger partial charge in [0.15, 0.2) is 0 Å². The molecule has 0 fully saturated rings. The molecule has 0 amide bonds. The van der Waals surface area contributed by atoms with E-state index in [1.807, 2.05) is 24.3 Å². The van der Waals surface area contributed by atoms with Gasteiger partial charge in [0.2, 0.25) is 0 Å². The maximum absolute atomic E-state index is 11.1. The molecular formula is C23H32O6. The third kappa shape index (κ3) is 6.70. The third-order valence-corrected chi connectivity index (χ3v) is 5.01. The highest BCUT2D eigenvalue weighted by molar-refractivity contribution is 5.88. The zero-order valence-corrected chi connectivity index (χ0v) is 17.2. The molecule has 0 aliphatic rings. The molecular weight excluding hydrogens is 372 g/mol. The van der Waals surface area contributed by atoms with Crippen molar-refractivity contribution in [3.63, 3.8) is 0 Å². The Bertz CT molecular complexity index is 794. The van der Waals surface area contributed by atoms with Gasteiger partial charge in [0.05, 0.1) is 19.3 Å². The van der Waals surface area contributed by atoms with Crippen molar-refractivity contribution in [1.29, 1.82) is 0 Å². The first-order valence-corrected chi connectivity index (χ1v) is 10.3. The Balaban J connectivity index is 2.12. The fourth-order valence-corrected chi connectivity index (χ4v) is 3.27. The number of aliphatic hydroxyl groups is 3. The lowest BCUT2D eigenvalue weighted by atomic mass is 10.0. The maximum Gasteiger partial charge on any atom is 0.305 e. The molecule has 1 aromatic carbocycles. The van der Waals surface area contributed by atoms with E-state index in [-0.39, 0.29) is 18.8 Å². The lowest BCUT2D eigenvalue weighted by Crippen LogP contribution is -2.23. The number of ether oxygens (including phenoxy) is 1. The summed E-state index contributed by atoms with van der Waals surface area (Å²) >= 11 is 0. The second-order valence-corrected chi connectivity index (χ2v) is 7.27. The van der Waals surface area contributed by atoms with Crippen LogP contribution < -0.4 is 0 Å². The Kier molecular flexibility index (Phi) is 9.38. The Morgan fingerprint density at radius 2 is 1.90 bits per heavy atom. The minimum atomic E-state index is -1.09. The van der Waals surface area contributed by atoms with E-state index in [2.05, 4.69) is 11.7 Å². The molecule has 0 radical (unpaired) electrons.